The van der Waals surface area contributed by atoms with Crippen LogP contribution in [0.25, 0.3) is 0 Å². The fourth-order valence-electron chi connectivity index (χ4n) is 3.38. The summed E-state index contributed by atoms with van der Waals surface area (Å²) in [6.45, 7) is 5.85. The fraction of sp³-hybridized carbons (Fsp3) is 0.500. The summed E-state index contributed by atoms with van der Waals surface area (Å²) in [5.74, 6) is -0.552. The first-order valence-corrected chi connectivity index (χ1v) is 7.41. The average molecular weight is 287 g/mol. The van der Waals surface area contributed by atoms with Crippen molar-refractivity contribution in [3.63, 3.8) is 0 Å². The molecular formula is C16H21N3O2. The number of piperidine rings is 1. The molecule has 0 aromatic heterocycles. The Morgan fingerprint density at radius 2 is 1.81 bits per heavy atom. The predicted octanol–water partition coefficient (Wildman–Crippen LogP) is 0.971. The predicted molar refractivity (Wildman–Crippen MR) is 81.2 cm³/mol. The van der Waals surface area contributed by atoms with Gasteiger partial charge in [-0.2, -0.15) is 0 Å². The first kappa shape index (κ1) is 14.1. The lowest BCUT2D eigenvalue weighted by atomic mass is 9.84. The number of nitrogens with two attached hydrogens (primary N) is 1. The molecule has 0 spiro atoms. The highest BCUT2D eigenvalue weighted by atomic mass is 16.2. The Bertz CT molecular complexity index is 583. The molecule has 0 aliphatic carbocycles. The van der Waals surface area contributed by atoms with E-state index in [1.54, 1.807) is 0 Å². The van der Waals surface area contributed by atoms with Crippen LogP contribution in [0, 0.1) is 13.8 Å². The molecule has 2 saturated heterocycles. The van der Waals surface area contributed by atoms with Crippen LogP contribution in [0.5, 0.6) is 0 Å². The number of imide groups is 1. The largest absolute Gasteiger partial charge is 0.368 e. The summed E-state index contributed by atoms with van der Waals surface area (Å²) >= 11 is 0. The number of hydrogen-bond donors (Lipinski definition) is 2. The first-order valence-electron chi connectivity index (χ1n) is 7.41. The van der Waals surface area contributed by atoms with E-state index in [4.69, 9.17) is 5.73 Å². The van der Waals surface area contributed by atoms with Crippen molar-refractivity contribution in [2.75, 3.05) is 18.0 Å². The minimum Gasteiger partial charge on any atom is -0.368 e. The molecule has 3 N–H and O–H groups in total. The third-order valence-corrected chi connectivity index (χ3v) is 4.44. The van der Waals surface area contributed by atoms with E-state index in [1.807, 2.05) is 13.8 Å². The maximum Gasteiger partial charge on any atom is 0.234 e. The second kappa shape index (κ2) is 5.15. The van der Waals surface area contributed by atoms with E-state index in [2.05, 4.69) is 22.3 Å². The molecule has 2 aliphatic heterocycles. The van der Waals surface area contributed by atoms with Gasteiger partial charge in [0.1, 0.15) is 0 Å². The molecule has 0 bridgehead atoms. The van der Waals surface area contributed by atoms with Crippen molar-refractivity contribution in [2.45, 2.75) is 38.6 Å². The van der Waals surface area contributed by atoms with Crippen molar-refractivity contribution in [1.82, 2.24) is 5.32 Å². The molecule has 1 aromatic rings. The van der Waals surface area contributed by atoms with E-state index in [1.165, 1.54) is 5.69 Å². The Kier molecular flexibility index (Phi) is 3.45. The highest BCUT2D eigenvalue weighted by Crippen LogP contribution is 2.34. The zero-order chi connectivity index (χ0) is 15.1. The number of aryl methyl sites for hydroxylation is 2. The minimum absolute atomic E-state index is 0.169. The van der Waals surface area contributed by atoms with Crippen LogP contribution >= 0.6 is 0 Å². The van der Waals surface area contributed by atoms with Gasteiger partial charge < -0.3 is 10.6 Å². The van der Waals surface area contributed by atoms with Crippen LogP contribution in [0.4, 0.5) is 5.69 Å². The van der Waals surface area contributed by atoms with Crippen LogP contribution in [-0.4, -0.2) is 30.9 Å². The van der Waals surface area contributed by atoms with Gasteiger partial charge in [0, 0.05) is 31.2 Å². The highest BCUT2D eigenvalue weighted by Gasteiger charge is 2.31. The Morgan fingerprint density at radius 1 is 1.19 bits per heavy atom. The molecule has 3 rings (SSSR count). The number of anilines is 1. The second-order valence-corrected chi connectivity index (χ2v) is 6.16. The zero-order valence-electron chi connectivity index (χ0n) is 12.5. The lowest BCUT2D eigenvalue weighted by molar-refractivity contribution is -0.134. The third kappa shape index (κ3) is 2.53. The van der Waals surface area contributed by atoms with Crippen LogP contribution < -0.4 is 16.0 Å². The van der Waals surface area contributed by atoms with Crippen LogP contribution in [0.15, 0.2) is 12.1 Å². The SMILES string of the molecule is Cc1cc(N2CC(N)C2)cc(C)c1C1CCC(=O)NC1=O. The molecule has 2 aliphatic rings. The van der Waals surface area contributed by atoms with Crippen LogP contribution in [-0.2, 0) is 9.59 Å². The van der Waals surface area contributed by atoms with Gasteiger partial charge in [0.25, 0.3) is 0 Å². The van der Waals surface area contributed by atoms with E-state index < -0.39 is 0 Å². The second-order valence-electron chi connectivity index (χ2n) is 6.16. The molecule has 1 aromatic carbocycles. The standard InChI is InChI=1S/C16H21N3O2/c1-9-5-12(19-7-11(17)8-19)6-10(2)15(9)13-3-4-14(20)18-16(13)21/h5-6,11,13H,3-4,7-8,17H2,1-2H3,(H,18,20,21). The van der Waals surface area contributed by atoms with Gasteiger partial charge >= 0.3 is 0 Å². The minimum atomic E-state index is -0.213. The number of carbonyl (C=O) groups excluding carboxylic acids is 2. The van der Waals surface area contributed by atoms with Crippen molar-refractivity contribution < 1.29 is 9.59 Å². The Hall–Kier alpha value is -1.88. The summed E-state index contributed by atoms with van der Waals surface area (Å²) < 4.78 is 0. The van der Waals surface area contributed by atoms with Gasteiger partial charge in [-0.15, -0.1) is 0 Å². The summed E-state index contributed by atoms with van der Waals surface area (Å²) in [5.41, 5.74) is 10.3. The Labute approximate surface area is 124 Å². The maximum absolute atomic E-state index is 12.1. The smallest absolute Gasteiger partial charge is 0.234 e. The summed E-state index contributed by atoms with van der Waals surface area (Å²) in [6, 6.07) is 4.51. The van der Waals surface area contributed by atoms with Gasteiger partial charge in [-0.25, -0.2) is 0 Å². The molecule has 2 amide bonds. The fourth-order valence-corrected chi connectivity index (χ4v) is 3.38. The van der Waals surface area contributed by atoms with E-state index in [9.17, 15) is 9.59 Å². The normalized spacial score (nSPS) is 23.0. The van der Waals surface area contributed by atoms with E-state index in [-0.39, 0.29) is 23.8 Å². The molecule has 1 unspecified atom stereocenters. The first-order chi connectivity index (χ1) is 9.95. The lowest BCUT2D eigenvalue weighted by Gasteiger charge is -2.39. The van der Waals surface area contributed by atoms with Crippen molar-refractivity contribution in [3.05, 3.63) is 28.8 Å². The van der Waals surface area contributed by atoms with E-state index in [0.717, 1.165) is 29.8 Å². The molecule has 2 heterocycles. The Balaban J connectivity index is 1.89. The molecule has 5 nitrogen and oxygen atoms in total. The highest BCUT2D eigenvalue weighted by molar-refractivity contribution is 6.01. The van der Waals surface area contributed by atoms with Gasteiger partial charge in [0.05, 0.1) is 5.92 Å². The molecule has 1 atom stereocenters. The van der Waals surface area contributed by atoms with E-state index >= 15 is 0 Å². The number of amides is 2. The molecule has 5 heteroatoms. The van der Waals surface area contributed by atoms with E-state index in [0.29, 0.717) is 12.8 Å². The maximum atomic E-state index is 12.1. The molecule has 0 saturated carbocycles. The number of nitrogens with zero attached hydrogens (tertiary/aromatic N) is 1. The summed E-state index contributed by atoms with van der Waals surface area (Å²) in [5, 5.41) is 2.44. The molecule has 21 heavy (non-hydrogen) atoms. The van der Waals surface area contributed by atoms with Gasteiger partial charge in [-0.05, 0) is 49.1 Å². The van der Waals surface area contributed by atoms with Crippen molar-refractivity contribution in [3.8, 4) is 0 Å². The van der Waals surface area contributed by atoms with Crippen molar-refractivity contribution in [1.29, 1.82) is 0 Å². The van der Waals surface area contributed by atoms with Crippen molar-refractivity contribution >= 4 is 17.5 Å². The summed E-state index contributed by atoms with van der Waals surface area (Å²) in [7, 11) is 0. The van der Waals surface area contributed by atoms with Crippen LogP contribution in [0.3, 0.4) is 0 Å². The summed E-state index contributed by atoms with van der Waals surface area (Å²) in [6.07, 6.45) is 1.01. The van der Waals surface area contributed by atoms with Crippen LogP contribution in [0.2, 0.25) is 0 Å². The van der Waals surface area contributed by atoms with Gasteiger partial charge in [-0.1, -0.05) is 0 Å². The van der Waals surface area contributed by atoms with Crippen molar-refractivity contribution in [2.24, 2.45) is 5.73 Å². The third-order valence-electron chi connectivity index (χ3n) is 4.44. The number of carbonyl (C=O) groups is 2. The molecule has 112 valence electrons. The number of rotatable bonds is 2. The molecule has 0 radical (unpaired) electrons. The Morgan fingerprint density at radius 3 is 2.33 bits per heavy atom. The monoisotopic (exact) mass is 287 g/mol. The van der Waals surface area contributed by atoms with Gasteiger partial charge in [-0.3, -0.25) is 14.9 Å². The molecular weight excluding hydrogens is 266 g/mol. The number of hydrogen-bond acceptors (Lipinski definition) is 4. The lowest BCUT2D eigenvalue weighted by Crippen LogP contribution is -2.55. The topological polar surface area (TPSA) is 75.4 Å². The zero-order valence-corrected chi connectivity index (χ0v) is 12.5. The summed E-state index contributed by atoms with van der Waals surface area (Å²) in [4.78, 5) is 25.6. The van der Waals surface area contributed by atoms with Gasteiger partial charge in [0.15, 0.2) is 0 Å². The van der Waals surface area contributed by atoms with Crippen LogP contribution in [0.1, 0.15) is 35.4 Å². The van der Waals surface area contributed by atoms with Gasteiger partial charge in [0.2, 0.25) is 11.8 Å². The number of nitrogens with one attached hydrogen (secondary N) is 1. The number of benzene rings is 1. The quantitative estimate of drug-likeness (QED) is 0.795. The molecule has 2 fully saturated rings. The average Bonchev–Trinajstić information content (AvgIpc) is 2.36.